The van der Waals surface area contributed by atoms with Crippen molar-refractivity contribution in [3.63, 3.8) is 0 Å². The SMILES string of the molecule is CCCCCCCCC1(CCCCCCCC)c2ccccc2-c2ccc(/C=C/c3ccc4c(c3)C(CCCCCCCC)(CCCCCCCC)c3cc(/C=C/c5c6ccccc6c(/C=C/c6ccc7c(c6)C(CCCCCCCC)(CCCCCCCC)c6cc(/C=C/c8ccc9c(c8)C(CCCCCCCC)(CCCCCCCC)c8ccccc8-9)ccc6-7)c6ccccc56)ccc3-4)cc21. The van der Waals surface area contributed by atoms with Gasteiger partial charge in [0.05, 0.1) is 0 Å². The lowest BCUT2D eigenvalue weighted by molar-refractivity contribution is 0.397. The first kappa shape index (κ1) is 103. The van der Waals surface area contributed by atoms with Crippen molar-refractivity contribution in [2.75, 3.05) is 0 Å². The van der Waals surface area contributed by atoms with E-state index in [1.807, 2.05) is 0 Å². The standard InChI is InChI=1S/C138H178/c1-9-17-25-33-41-57-93-135(94-58-42-34-26-18-10-2)127-71-55-53-69-119(127)121-87-79-107(101-129(121)135)73-75-109-81-89-123-125-91-83-111(105-133(125)137(131(123)103-109,97-61-45-37-29-21-13-5)98-62-46-38-30-22-14-6)77-85-117-113-65-49-51-67-115(113)118(116-68-52-50-66-114(116)117)86-78-112-84-92-126-124-90-82-110(104-132(124)138(134(126)106-112,99-63-47-39-31-23-15-7)100-64-48-40-32-24-16-8)76-74-108-80-88-122-120-70-54-56-72-128(120)136(130(122)102-108,95-59-43-35-27-19-11-3)96-60-44-36-28-20-12-4/h49-56,65-92,101-106H,9-48,57-64,93-100H2,1-8H3/b75-73+,76-74+,85-77+,86-78+. The molecule has 0 bridgehead atoms. The maximum absolute atomic E-state index is 2.68. The van der Waals surface area contributed by atoms with Gasteiger partial charge in [-0.25, -0.2) is 0 Å². The molecule has 0 spiro atoms. The van der Waals surface area contributed by atoms with E-state index in [-0.39, 0.29) is 21.7 Å². The zero-order valence-corrected chi connectivity index (χ0v) is 87.8. The Hall–Kier alpha value is -9.10. The molecule has 11 aromatic rings. The van der Waals surface area contributed by atoms with Crippen LogP contribution in [-0.2, 0) is 21.7 Å². The van der Waals surface area contributed by atoms with Gasteiger partial charge in [0.15, 0.2) is 0 Å². The van der Waals surface area contributed by atoms with E-state index in [2.05, 4.69) is 310 Å². The molecule has 730 valence electrons. The fourth-order valence-electron chi connectivity index (χ4n) is 26.2. The Balaban J connectivity index is 0.750. The second kappa shape index (κ2) is 53.1. The summed E-state index contributed by atoms with van der Waals surface area (Å²) in [7, 11) is 0. The van der Waals surface area contributed by atoms with Crippen molar-refractivity contribution in [1.82, 2.24) is 0 Å². The van der Waals surface area contributed by atoms with Gasteiger partial charge in [0, 0.05) is 21.7 Å². The average Bonchev–Trinajstić information content (AvgIpc) is 1.56. The van der Waals surface area contributed by atoms with Crippen LogP contribution in [0, 0.1) is 0 Å². The highest BCUT2D eigenvalue weighted by Gasteiger charge is 2.47. The summed E-state index contributed by atoms with van der Waals surface area (Å²) in [5, 5.41) is 5.22. The zero-order chi connectivity index (χ0) is 95.5. The Labute approximate surface area is 840 Å². The van der Waals surface area contributed by atoms with Crippen LogP contribution in [0.2, 0.25) is 0 Å². The van der Waals surface area contributed by atoms with Gasteiger partial charge in [-0.15, -0.1) is 0 Å². The Morgan fingerprint density at radius 2 is 0.297 bits per heavy atom. The molecule has 4 aliphatic rings. The molecule has 0 unspecified atom stereocenters. The van der Waals surface area contributed by atoms with Crippen LogP contribution in [0.1, 0.15) is 504 Å². The summed E-state index contributed by atoms with van der Waals surface area (Å²) in [6.07, 6.45) is 92.9. The Bertz CT molecular complexity index is 5300. The average molecular weight is 1840 g/mol. The van der Waals surface area contributed by atoms with Crippen LogP contribution in [0.15, 0.2) is 206 Å². The molecule has 0 radical (unpaired) electrons. The third-order valence-corrected chi connectivity index (χ3v) is 33.9. The molecule has 0 saturated carbocycles. The van der Waals surface area contributed by atoms with Gasteiger partial charge in [0.2, 0.25) is 0 Å². The normalized spacial score (nSPS) is 14.4. The number of rotatable bonds is 64. The Kier molecular flexibility index (Phi) is 39.8. The molecule has 0 amide bonds. The largest absolute Gasteiger partial charge is 0.0654 e. The highest BCUT2D eigenvalue weighted by molar-refractivity contribution is 6.14. The Morgan fingerprint density at radius 1 is 0.145 bits per heavy atom. The van der Waals surface area contributed by atoms with E-state index in [9.17, 15) is 0 Å². The highest BCUT2D eigenvalue weighted by Crippen LogP contribution is 2.60. The third-order valence-electron chi connectivity index (χ3n) is 33.9. The van der Waals surface area contributed by atoms with Crippen molar-refractivity contribution in [2.24, 2.45) is 0 Å². The van der Waals surface area contributed by atoms with E-state index >= 15 is 0 Å². The van der Waals surface area contributed by atoms with Crippen molar-refractivity contribution < 1.29 is 0 Å². The second-order valence-corrected chi connectivity index (χ2v) is 43.6. The van der Waals surface area contributed by atoms with Crippen LogP contribution in [-0.4, -0.2) is 0 Å². The number of fused-ring (bicyclic) bond motifs is 14. The van der Waals surface area contributed by atoms with E-state index in [4.69, 9.17) is 0 Å². The van der Waals surface area contributed by atoms with Crippen molar-refractivity contribution >= 4 is 70.2 Å². The topological polar surface area (TPSA) is 0 Å². The lowest BCUT2D eigenvalue weighted by Gasteiger charge is -2.33. The van der Waals surface area contributed by atoms with E-state index in [0.717, 1.165) is 0 Å². The molecule has 138 heavy (non-hydrogen) atoms. The predicted molar refractivity (Wildman–Crippen MR) is 612 cm³/mol. The lowest BCUT2D eigenvalue weighted by atomic mass is 9.70. The third kappa shape index (κ3) is 24.8. The summed E-state index contributed by atoms with van der Waals surface area (Å²) in [5.74, 6) is 0. The summed E-state index contributed by atoms with van der Waals surface area (Å²) >= 11 is 0. The Morgan fingerprint density at radius 3 is 0.493 bits per heavy atom. The molecular formula is C138H178. The molecule has 0 aliphatic heterocycles. The van der Waals surface area contributed by atoms with E-state index < -0.39 is 0 Å². The molecule has 0 heteroatoms. The van der Waals surface area contributed by atoms with Gasteiger partial charge in [-0.1, -0.05) is 618 Å². The van der Waals surface area contributed by atoms with Gasteiger partial charge in [0.1, 0.15) is 0 Å². The van der Waals surface area contributed by atoms with Gasteiger partial charge < -0.3 is 0 Å². The van der Waals surface area contributed by atoms with Gasteiger partial charge in [-0.05, 0) is 206 Å². The molecule has 11 aromatic carbocycles. The fraction of sp³-hybridized carbons (Fsp3) is 0.493. The molecule has 0 saturated heterocycles. The minimum Gasteiger partial charge on any atom is -0.0654 e. The van der Waals surface area contributed by atoms with Gasteiger partial charge >= 0.3 is 0 Å². The smallest absolute Gasteiger partial charge is 0.0215 e. The van der Waals surface area contributed by atoms with Crippen LogP contribution >= 0.6 is 0 Å². The molecule has 0 heterocycles. The maximum atomic E-state index is 2.68. The first-order valence-corrected chi connectivity index (χ1v) is 57.9. The molecule has 0 atom stereocenters. The van der Waals surface area contributed by atoms with Crippen molar-refractivity contribution in [3.8, 4) is 44.5 Å². The first-order valence-electron chi connectivity index (χ1n) is 57.9. The van der Waals surface area contributed by atoms with Gasteiger partial charge in [0.25, 0.3) is 0 Å². The van der Waals surface area contributed by atoms with Crippen LogP contribution in [0.3, 0.4) is 0 Å². The lowest BCUT2D eigenvalue weighted by Crippen LogP contribution is -2.25. The van der Waals surface area contributed by atoms with Crippen LogP contribution in [0.5, 0.6) is 0 Å². The van der Waals surface area contributed by atoms with Crippen molar-refractivity contribution in [3.05, 3.63) is 295 Å². The summed E-state index contributed by atoms with van der Waals surface area (Å²) in [4.78, 5) is 0. The summed E-state index contributed by atoms with van der Waals surface area (Å²) < 4.78 is 0. The minimum atomic E-state index is -0.0760. The molecule has 0 aromatic heterocycles. The number of hydrogen-bond acceptors (Lipinski definition) is 0. The quantitative estimate of drug-likeness (QED) is 0.0202. The fourth-order valence-corrected chi connectivity index (χ4v) is 26.2. The van der Waals surface area contributed by atoms with Crippen molar-refractivity contribution in [2.45, 2.75) is 437 Å². The van der Waals surface area contributed by atoms with Crippen LogP contribution < -0.4 is 0 Å². The first-order chi connectivity index (χ1) is 68.1. The highest BCUT2D eigenvalue weighted by atomic mass is 14.5. The molecular weight excluding hydrogens is 1660 g/mol. The minimum absolute atomic E-state index is 0.0606. The van der Waals surface area contributed by atoms with E-state index in [0.29, 0.717) is 0 Å². The van der Waals surface area contributed by atoms with Gasteiger partial charge in [-0.3, -0.25) is 0 Å². The number of benzene rings is 11. The van der Waals surface area contributed by atoms with Crippen molar-refractivity contribution in [1.29, 1.82) is 0 Å². The van der Waals surface area contributed by atoms with Gasteiger partial charge in [-0.2, -0.15) is 0 Å². The second-order valence-electron chi connectivity index (χ2n) is 43.6. The number of hydrogen-bond donors (Lipinski definition) is 0. The van der Waals surface area contributed by atoms with Crippen LogP contribution in [0.25, 0.3) is 115 Å². The van der Waals surface area contributed by atoms with E-state index in [1.165, 1.54) is 470 Å². The molecule has 0 fully saturated rings. The molecule has 0 N–H and O–H groups in total. The van der Waals surface area contributed by atoms with E-state index in [1.54, 1.807) is 44.5 Å². The summed E-state index contributed by atoms with van der Waals surface area (Å²) in [6, 6.07) is 83.8. The summed E-state index contributed by atoms with van der Waals surface area (Å²) in [6.45, 7) is 18.8. The summed E-state index contributed by atoms with van der Waals surface area (Å²) in [5.41, 5.74) is 34.9. The zero-order valence-electron chi connectivity index (χ0n) is 87.8. The maximum Gasteiger partial charge on any atom is 0.0215 e. The van der Waals surface area contributed by atoms with Crippen LogP contribution in [0.4, 0.5) is 0 Å². The number of unbranched alkanes of at least 4 members (excludes halogenated alkanes) is 40. The molecule has 15 rings (SSSR count). The monoisotopic (exact) mass is 1840 g/mol. The molecule has 0 nitrogen and oxygen atoms in total. The molecule has 4 aliphatic carbocycles. The predicted octanol–water partition coefficient (Wildman–Crippen LogP) is 43.7.